The number of ketones is 2. The molecule has 0 aromatic carbocycles. The van der Waals surface area contributed by atoms with E-state index < -0.39 is 13.2 Å². The molecule has 0 spiro atoms. The summed E-state index contributed by atoms with van der Waals surface area (Å²) in [7, 11) is -1.01. The number of pyridine rings is 1. The molecular weight excluding hydrogens is 295 g/mol. The molecule has 0 bridgehead atoms. The summed E-state index contributed by atoms with van der Waals surface area (Å²) in [5.41, 5.74) is 6.87. The molecule has 1 unspecified atom stereocenters. The number of Topliss-reactive ketones (excluding diaryl/α,β-unsaturated/α-hetero) is 2. The molecule has 6 nitrogen and oxygen atoms in total. The van der Waals surface area contributed by atoms with Crippen LogP contribution in [0, 0.1) is 0 Å². The summed E-state index contributed by atoms with van der Waals surface area (Å²) in [5.74, 6) is -0.313. The Kier molecular flexibility index (Phi) is 6.44. The number of nitrogens with two attached hydrogens (primary N) is 1. The molecule has 3 atom stereocenters. The van der Waals surface area contributed by atoms with E-state index in [1.54, 1.807) is 18.5 Å². The highest BCUT2D eigenvalue weighted by atomic mass is 16.5. The second-order valence-corrected chi connectivity index (χ2v) is 6.23. The summed E-state index contributed by atoms with van der Waals surface area (Å²) >= 11 is 0. The van der Waals surface area contributed by atoms with Crippen LogP contribution in [-0.2, 0) is 20.7 Å². The fraction of sp³-hybridized carbons (Fsp3) is 0.562. The van der Waals surface area contributed by atoms with Gasteiger partial charge in [-0.2, -0.15) is 0 Å². The van der Waals surface area contributed by atoms with Gasteiger partial charge in [0.2, 0.25) is 0 Å². The van der Waals surface area contributed by atoms with Crippen LogP contribution in [0.5, 0.6) is 0 Å². The molecule has 0 radical (unpaired) electrons. The molecule has 1 aliphatic rings. The number of carbonyl (C=O) groups excluding carboxylic acids is 2. The van der Waals surface area contributed by atoms with Gasteiger partial charge in [0.05, 0.1) is 6.04 Å². The number of carbonyl (C=O) groups is 2. The number of hydrogen-bond donors (Lipinski definition) is 2. The number of hydrogen-bond acceptors (Lipinski definition) is 6. The maximum absolute atomic E-state index is 12.3. The number of rotatable bonds is 7. The van der Waals surface area contributed by atoms with Crippen LogP contribution in [0.15, 0.2) is 24.5 Å². The molecule has 1 fully saturated rings. The molecule has 7 heteroatoms. The quantitative estimate of drug-likeness (QED) is 0.725. The molecule has 124 valence electrons. The maximum Gasteiger partial charge on any atom is 0.458 e. The Morgan fingerprint density at radius 2 is 2.26 bits per heavy atom. The lowest BCUT2D eigenvalue weighted by Gasteiger charge is -2.30. The Hall–Kier alpha value is -1.57. The van der Waals surface area contributed by atoms with Gasteiger partial charge < -0.3 is 15.4 Å². The van der Waals surface area contributed by atoms with Gasteiger partial charge in [0.25, 0.3) is 0 Å². The van der Waals surface area contributed by atoms with Gasteiger partial charge in [0, 0.05) is 37.2 Å². The third kappa shape index (κ3) is 5.53. The molecule has 1 aromatic heterocycles. The minimum atomic E-state index is -1.01. The van der Waals surface area contributed by atoms with Gasteiger partial charge in [0.15, 0.2) is 0 Å². The SMILES string of the molecule is CC(=O)C[C@@H]1CC[C@H](CC(=O)C(N)Cc2cccnc2)B(O)O1. The summed E-state index contributed by atoms with van der Waals surface area (Å²) < 4.78 is 5.44. The fourth-order valence-electron chi connectivity index (χ4n) is 2.89. The molecular formula is C16H23BN2O4. The molecule has 1 aliphatic heterocycles. The Bertz CT molecular complexity index is 540. The van der Waals surface area contributed by atoms with Crippen molar-refractivity contribution in [3.63, 3.8) is 0 Å². The zero-order chi connectivity index (χ0) is 16.8. The first kappa shape index (κ1) is 17.8. The van der Waals surface area contributed by atoms with Gasteiger partial charge in [-0.25, -0.2) is 0 Å². The highest BCUT2D eigenvalue weighted by molar-refractivity contribution is 6.45. The van der Waals surface area contributed by atoms with E-state index in [4.69, 9.17) is 10.4 Å². The summed E-state index contributed by atoms with van der Waals surface area (Å²) in [6, 6.07) is 3.08. The molecule has 23 heavy (non-hydrogen) atoms. The Morgan fingerprint density at radius 1 is 1.48 bits per heavy atom. The lowest BCUT2D eigenvalue weighted by Crippen LogP contribution is -2.40. The Balaban J connectivity index is 1.82. The van der Waals surface area contributed by atoms with E-state index in [0.717, 1.165) is 5.56 Å². The van der Waals surface area contributed by atoms with Crippen molar-refractivity contribution in [1.82, 2.24) is 4.98 Å². The highest BCUT2D eigenvalue weighted by Gasteiger charge is 2.37. The number of aromatic nitrogens is 1. The van der Waals surface area contributed by atoms with Crippen LogP contribution in [0.4, 0.5) is 0 Å². The van der Waals surface area contributed by atoms with E-state index in [9.17, 15) is 14.6 Å². The molecule has 2 rings (SSSR count). The Morgan fingerprint density at radius 3 is 2.87 bits per heavy atom. The predicted molar refractivity (Wildman–Crippen MR) is 86.7 cm³/mol. The maximum atomic E-state index is 12.3. The smallest absolute Gasteiger partial charge is 0.427 e. The van der Waals surface area contributed by atoms with Gasteiger partial charge >= 0.3 is 7.12 Å². The summed E-state index contributed by atoms with van der Waals surface area (Å²) in [6.07, 6.45) is 5.37. The van der Waals surface area contributed by atoms with Crippen LogP contribution < -0.4 is 5.73 Å². The van der Waals surface area contributed by atoms with E-state index in [-0.39, 0.29) is 29.9 Å². The second kappa shape index (κ2) is 8.33. The first-order valence-corrected chi connectivity index (χ1v) is 7.96. The zero-order valence-corrected chi connectivity index (χ0v) is 13.4. The lowest BCUT2D eigenvalue weighted by molar-refractivity contribution is -0.121. The Labute approximate surface area is 136 Å². The van der Waals surface area contributed by atoms with Crippen LogP contribution in [-0.4, -0.2) is 40.8 Å². The second-order valence-electron chi connectivity index (χ2n) is 6.23. The average Bonchev–Trinajstić information content (AvgIpc) is 2.50. The van der Waals surface area contributed by atoms with Crippen molar-refractivity contribution in [2.24, 2.45) is 5.73 Å². The van der Waals surface area contributed by atoms with Crippen LogP contribution in [0.3, 0.4) is 0 Å². The molecule has 3 N–H and O–H groups in total. The first-order valence-electron chi connectivity index (χ1n) is 7.96. The molecule has 0 saturated carbocycles. The predicted octanol–water partition coefficient (Wildman–Crippen LogP) is 0.919. The van der Waals surface area contributed by atoms with Gasteiger partial charge in [-0.05, 0) is 37.8 Å². The van der Waals surface area contributed by atoms with Crippen LogP contribution in [0.25, 0.3) is 0 Å². The lowest BCUT2D eigenvalue weighted by atomic mass is 9.64. The van der Waals surface area contributed by atoms with E-state index in [1.165, 1.54) is 6.92 Å². The molecule has 0 aliphatic carbocycles. The summed E-state index contributed by atoms with van der Waals surface area (Å²) in [4.78, 5) is 27.4. The standard InChI is InChI=1S/C16H23BN2O4/c1-11(20)7-14-5-4-13(17(22)23-14)9-16(21)15(18)8-12-3-2-6-19-10-12/h2-3,6,10,13-15,22H,4-5,7-9,18H2,1H3/t13-,14+,15?/m1/s1. The number of nitrogens with zero attached hydrogens (tertiary/aromatic N) is 1. The van der Waals surface area contributed by atoms with Crippen LogP contribution in [0.2, 0.25) is 5.82 Å². The molecule has 0 amide bonds. The molecule has 2 heterocycles. The van der Waals surface area contributed by atoms with Crippen molar-refractivity contribution in [2.45, 2.75) is 57.0 Å². The van der Waals surface area contributed by atoms with Crippen molar-refractivity contribution in [1.29, 1.82) is 0 Å². The van der Waals surface area contributed by atoms with Crippen LogP contribution in [0.1, 0.15) is 38.2 Å². The van der Waals surface area contributed by atoms with Crippen molar-refractivity contribution in [2.75, 3.05) is 0 Å². The molecule has 1 saturated heterocycles. The van der Waals surface area contributed by atoms with E-state index in [1.807, 2.05) is 6.07 Å². The highest BCUT2D eigenvalue weighted by Crippen LogP contribution is 2.31. The van der Waals surface area contributed by atoms with E-state index in [0.29, 0.717) is 25.7 Å². The van der Waals surface area contributed by atoms with Gasteiger partial charge in [-0.1, -0.05) is 6.07 Å². The topological polar surface area (TPSA) is 103 Å². The third-order valence-electron chi connectivity index (χ3n) is 4.17. The van der Waals surface area contributed by atoms with Gasteiger partial charge in [0.1, 0.15) is 11.6 Å². The summed E-state index contributed by atoms with van der Waals surface area (Å²) in [5, 5.41) is 10.0. The van der Waals surface area contributed by atoms with Gasteiger partial charge in [-0.15, -0.1) is 0 Å². The third-order valence-corrected chi connectivity index (χ3v) is 4.17. The average molecular weight is 318 g/mol. The zero-order valence-electron chi connectivity index (χ0n) is 13.4. The normalized spacial score (nSPS) is 22.7. The van der Waals surface area contributed by atoms with E-state index in [2.05, 4.69) is 4.98 Å². The molecule has 1 aromatic rings. The van der Waals surface area contributed by atoms with Gasteiger partial charge in [-0.3, -0.25) is 14.6 Å². The minimum absolute atomic E-state index is 0.0372. The van der Waals surface area contributed by atoms with Crippen molar-refractivity contribution < 1.29 is 19.3 Å². The van der Waals surface area contributed by atoms with Crippen molar-refractivity contribution in [3.05, 3.63) is 30.1 Å². The monoisotopic (exact) mass is 318 g/mol. The largest absolute Gasteiger partial charge is 0.458 e. The minimum Gasteiger partial charge on any atom is -0.427 e. The summed E-state index contributed by atoms with van der Waals surface area (Å²) in [6.45, 7) is 1.50. The fourth-order valence-corrected chi connectivity index (χ4v) is 2.89. The first-order chi connectivity index (χ1) is 11.0. The van der Waals surface area contributed by atoms with E-state index >= 15 is 0 Å². The van der Waals surface area contributed by atoms with Crippen LogP contribution >= 0.6 is 0 Å². The van der Waals surface area contributed by atoms with Crippen molar-refractivity contribution in [3.8, 4) is 0 Å². The van der Waals surface area contributed by atoms with Crippen molar-refractivity contribution >= 4 is 18.7 Å².